The van der Waals surface area contributed by atoms with Gasteiger partial charge in [-0.3, -0.25) is 4.79 Å². The van der Waals surface area contributed by atoms with Crippen LogP contribution in [0, 0.1) is 0 Å². The molecule has 0 spiro atoms. The largest absolute Gasteiger partial charge is 0.494 e. The summed E-state index contributed by atoms with van der Waals surface area (Å²) in [4.78, 5) is 22.6. The van der Waals surface area contributed by atoms with Crippen molar-refractivity contribution in [1.29, 1.82) is 0 Å². The first-order valence-electron chi connectivity index (χ1n) is 14.9. The van der Waals surface area contributed by atoms with Crippen LogP contribution in [0.1, 0.15) is 40.3 Å². The lowest BCUT2D eigenvalue weighted by Gasteiger charge is -2.31. The van der Waals surface area contributed by atoms with E-state index in [1.165, 1.54) is 0 Å². The van der Waals surface area contributed by atoms with Crippen molar-refractivity contribution in [2.24, 2.45) is 10.1 Å². The van der Waals surface area contributed by atoms with Gasteiger partial charge in [0.2, 0.25) is 5.90 Å². The molecule has 1 aliphatic rings. The van der Waals surface area contributed by atoms with Crippen LogP contribution in [0.5, 0.6) is 5.75 Å². The SMILES string of the molecule is [N-]=[N+]=NCc1ccccc1C[C@@]1(C(=O)NCCc2ccccc2Cl)N=C(c2ccc(OCCCO)cc2)O[C@@H]1c1ccc(Br)cc1. The number of aliphatic hydroxyl groups excluding tert-OH is 1. The number of rotatable bonds is 14. The van der Waals surface area contributed by atoms with E-state index in [1.54, 1.807) is 0 Å². The van der Waals surface area contributed by atoms with Crippen molar-refractivity contribution in [1.82, 2.24) is 5.32 Å². The van der Waals surface area contributed by atoms with Crippen molar-refractivity contribution in [3.8, 4) is 5.75 Å². The maximum Gasteiger partial charge on any atom is 0.252 e. The van der Waals surface area contributed by atoms with Crippen molar-refractivity contribution in [3.63, 3.8) is 0 Å². The molecule has 1 aliphatic heterocycles. The fourth-order valence-electron chi connectivity index (χ4n) is 5.37. The monoisotopic (exact) mass is 701 g/mol. The van der Waals surface area contributed by atoms with Gasteiger partial charge in [-0.2, -0.15) is 0 Å². The van der Waals surface area contributed by atoms with E-state index in [0.717, 1.165) is 26.7 Å². The first kappa shape index (κ1) is 33.0. The third-order valence-corrected chi connectivity index (χ3v) is 8.62. The van der Waals surface area contributed by atoms with Gasteiger partial charge < -0.3 is 19.9 Å². The molecule has 4 aromatic rings. The molecule has 2 atom stereocenters. The van der Waals surface area contributed by atoms with Crippen molar-refractivity contribution in [3.05, 3.63) is 145 Å². The number of nitrogens with one attached hydrogen (secondary N) is 1. The van der Waals surface area contributed by atoms with Gasteiger partial charge in [-0.05, 0) is 76.7 Å². The summed E-state index contributed by atoms with van der Waals surface area (Å²) in [6, 6.07) is 30.1. The van der Waals surface area contributed by atoms with Gasteiger partial charge in [-0.25, -0.2) is 4.99 Å². The molecule has 0 aliphatic carbocycles. The number of carbonyl (C=O) groups is 1. The summed E-state index contributed by atoms with van der Waals surface area (Å²) in [5.41, 5.74) is 11.6. The highest BCUT2D eigenvalue weighted by Gasteiger charge is 2.53. The van der Waals surface area contributed by atoms with Crippen molar-refractivity contribution in [2.75, 3.05) is 19.8 Å². The predicted octanol–water partition coefficient (Wildman–Crippen LogP) is 7.53. The Labute approximate surface area is 281 Å². The van der Waals surface area contributed by atoms with Gasteiger partial charge in [0.15, 0.2) is 11.6 Å². The average Bonchev–Trinajstić information content (AvgIpc) is 3.46. The van der Waals surface area contributed by atoms with Crippen LogP contribution in [0.25, 0.3) is 10.4 Å². The Balaban J connectivity index is 1.56. The Morgan fingerprint density at radius 3 is 2.41 bits per heavy atom. The number of aliphatic imine (C=N–C) groups is 1. The molecule has 0 bridgehead atoms. The number of nitrogens with zero attached hydrogens (tertiary/aromatic N) is 4. The van der Waals surface area contributed by atoms with E-state index in [4.69, 9.17) is 36.7 Å². The van der Waals surface area contributed by atoms with Crippen molar-refractivity contribution < 1.29 is 19.4 Å². The van der Waals surface area contributed by atoms with Gasteiger partial charge in [-0.15, -0.1) is 0 Å². The lowest BCUT2D eigenvalue weighted by atomic mass is 9.81. The minimum atomic E-state index is -1.41. The van der Waals surface area contributed by atoms with Crippen LogP contribution < -0.4 is 10.1 Å². The Kier molecular flexibility index (Phi) is 11.3. The summed E-state index contributed by atoms with van der Waals surface area (Å²) < 4.78 is 13.2. The number of amides is 1. The molecule has 2 N–H and O–H groups in total. The van der Waals surface area contributed by atoms with Gasteiger partial charge in [0, 0.05) is 46.0 Å². The van der Waals surface area contributed by atoms with Crippen LogP contribution in [-0.4, -0.2) is 42.2 Å². The third kappa shape index (κ3) is 7.89. The zero-order chi connectivity index (χ0) is 32.4. The van der Waals surface area contributed by atoms with Crippen LogP contribution in [0.4, 0.5) is 0 Å². The minimum absolute atomic E-state index is 0.0503. The van der Waals surface area contributed by atoms with Gasteiger partial charge in [-0.1, -0.05) is 87.2 Å². The average molecular weight is 703 g/mol. The molecule has 236 valence electrons. The highest BCUT2D eigenvalue weighted by molar-refractivity contribution is 9.10. The van der Waals surface area contributed by atoms with Gasteiger partial charge in [0.1, 0.15) is 5.75 Å². The number of halogens is 2. The molecule has 0 fully saturated rings. The molecule has 4 aromatic carbocycles. The second-order valence-corrected chi connectivity index (χ2v) is 12.1. The zero-order valence-electron chi connectivity index (χ0n) is 25.0. The number of aliphatic hydroxyl groups is 1. The molecule has 0 radical (unpaired) electrons. The quantitative estimate of drug-likeness (QED) is 0.0609. The summed E-state index contributed by atoms with van der Waals surface area (Å²) in [7, 11) is 0. The zero-order valence-corrected chi connectivity index (χ0v) is 27.3. The van der Waals surface area contributed by atoms with Crippen LogP contribution in [-0.2, 0) is 28.9 Å². The minimum Gasteiger partial charge on any atom is -0.494 e. The van der Waals surface area contributed by atoms with E-state index in [2.05, 4.69) is 31.3 Å². The summed E-state index contributed by atoms with van der Waals surface area (Å²) in [6.07, 6.45) is 0.479. The molecule has 46 heavy (non-hydrogen) atoms. The van der Waals surface area contributed by atoms with Crippen molar-refractivity contribution >= 4 is 39.3 Å². The fourth-order valence-corrected chi connectivity index (χ4v) is 5.86. The predicted molar refractivity (Wildman–Crippen MR) is 182 cm³/mol. The third-order valence-electron chi connectivity index (χ3n) is 7.72. The lowest BCUT2D eigenvalue weighted by Crippen LogP contribution is -2.50. The van der Waals surface area contributed by atoms with Crippen molar-refractivity contribution in [2.45, 2.75) is 37.5 Å². The Bertz CT molecular complexity index is 1730. The number of hydrogen-bond acceptors (Lipinski definition) is 6. The molecule has 0 aromatic heterocycles. The normalized spacial score (nSPS) is 17.0. The van der Waals surface area contributed by atoms with E-state index >= 15 is 0 Å². The van der Waals surface area contributed by atoms with Crippen LogP contribution in [0.15, 0.2) is 112 Å². The van der Waals surface area contributed by atoms with Gasteiger partial charge in [0.05, 0.1) is 13.2 Å². The van der Waals surface area contributed by atoms with Crippen LogP contribution in [0.3, 0.4) is 0 Å². The highest BCUT2D eigenvalue weighted by atomic mass is 79.9. The molecule has 11 heteroatoms. The van der Waals surface area contributed by atoms with Crippen LogP contribution in [0.2, 0.25) is 5.02 Å². The maximum absolute atomic E-state index is 14.5. The van der Waals surface area contributed by atoms with E-state index in [1.807, 2.05) is 97.1 Å². The number of hydrogen-bond donors (Lipinski definition) is 2. The second kappa shape index (κ2) is 15.8. The first-order valence-corrected chi connectivity index (χ1v) is 16.1. The molecule has 1 heterocycles. The van der Waals surface area contributed by atoms with Gasteiger partial charge in [0.25, 0.3) is 5.91 Å². The van der Waals surface area contributed by atoms with Crippen LogP contribution >= 0.6 is 27.5 Å². The molecule has 0 saturated heterocycles. The first-order chi connectivity index (χ1) is 22.4. The number of ether oxygens (including phenoxy) is 2. The second-order valence-electron chi connectivity index (χ2n) is 10.8. The summed E-state index contributed by atoms with van der Waals surface area (Å²) in [6.45, 7) is 0.915. The Hall–Kier alpha value is -4.34. The summed E-state index contributed by atoms with van der Waals surface area (Å²) in [5, 5.41) is 16.6. The topological polar surface area (TPSA) is 129 Å². The Morgan fingerprint density at radius 1 is 1.02 bits per heavy atom. The number of benzene rings is 4. The molecule has 5 rings (SSSR count). The molecule has 9 nitrogen and oxygen atoms in total. The van der Waals surface area contributed by atoms with E-state index in [-0.39, 0.29) is 25.5 Å². The summed E-state index contributed by atoms with van der Waals surface area (Å²) in [5.74, 6) is 0.671. The van der Waals surface area contributed by atoms with E-state index < -0.39 is 11.6 Å². The molecular weight excluding hydrogens is 670 g/mol. The smallest absolute Gasteiger partial charge is 0.252 e. The maximum atomic E-state index is 14.5. The number of carbonyl (C=O) groups excluding carboxylic acids is 1. The fraction of sp³-hybridized carbons (Fsp3) is 0.257. The standard InChI is InChI=1S/C35H33BrClN5O4/c36-29-14-10-25(11-15-29)32-35(22-27-7-1-2-8-28(27)23-40-42-38,34(44)39-19-18-24-6-3-4-9-31(24)37)41-33(46-32)26-12-16-30(17-13-26)45-21-5-20-43/h1-4,6-17,32,43H,5,18-23H2,(H,39,44)/t32-,35-/m1/s1. The highest BCUT2D eigenvalue weighted by Crippen LogP contribution is 2.43. The summed E-state index contributed by atoms with van der Waals surface area (Å²) >= 11 is 9.91. The lowest BCUT2D eigenvalue weighted by molar-refractivity contribution is -0.128. The van der Waals surface area contributed by atoms with Gasteiger partial charge >= 0.3 is 0 Å². The number of azide groups is 1. The van der Waals surface area contributed by atoms with E-state index in [9.17, 15) is 4.79 Å². The molecular formula is C35H33BrClN5O4. The molecule has 0 unspecified atom stereocenters. The molecule has 0 saturated carbocycles. The van der Waals surface area contributed by atoms with E-state index in [0.29, 0.717) is 48.2 Å². The molecule has 1 amide bonds. The Morgan fingerprint density at radius 2 is 1.72 bits per heavy atom.